The molecule has 1 fully saturated rings. The number of benzene rings is 2. The van der Waals surface area contributed by atoms with Crippen molar-refractivity contribution in [3.05, 3.63) is 71.8 Å². The second-order valence-electron chi connectivity index (χ2n) is 8.05. The van der Waals surface area contributed by atoms with E-state index in [1.54, 1.807) is 0 Å². The molecule has 9 nitrogen and oxygen atoms in total. The maximum atomic E-state index is 12.1. The first-order chi connectivity index (χ1) is 16.8. The largest absolute Gasteiger partial charge is 0.463 e. The van der Waals surface area contributed by atoms with Gasteiger partial charge in [0, 0.05) is 20.8 Å². The first-order valence-corrected chi connectivity index (χ1v) is 11.3. The third kappa shape index (κ3) is 8.17. The number of carbonyl (C=O) groups excluding carboxylic acids is 3. The van der Waals surface area contributed by atoms with Crippen LogP contribution in [0.5, 0.6) is 0 Å². The maximum absolute atomic E-state index is 12.1. The van der Waals surface area contributed by atoms with Gasteiger partial charge >= 0.3 is 17.9 Å². The van der Waals surface area contributed by atoms with Crippen LogP contribution in [-0.2, 0) is 56.0 Å². The van der Waals surface area contributed by atoms with Gasteiger partial charge in [-0.25, -0.2) is 0 Å². The van der Waals surface area contributed by atoms with Crippen molar-refractivity contribution in [3.8, 4) is 0 Å². The molecule has 35 heavy (non-hydrogen) atoms. The van der Waals surface area contributed by atoms with Crippen LogP contribution in [-0.4, -0.2) is 55.2 Å². The van der Waals surface area contributed by atoms with Gasteiger partial charge in [0.25, 0.3) is 0 Å². The Labute approximate surface area is 204 Å². The Morgan fingerprint density at radius 2 is 1.20 bits per heavy atom. The van der Waals surface area contributed by atoms with Crippen molar-refractivity contribution in [2.75, 3.05) is 6.61 Å². The summed E-state index contributed by atoms with van der Waals surface area (Å²) in [6.07, 6.45) is -5.02. The minimum Gasteiger partial charge on any atom is -0.463 e. The average Bonchev–Trinajstić information content (AvgIpc) is 2.82. The number of rotatable bonds is 10. The summed E-state index contributed by atoms with van der Waals surface area (Å²) in [6, 6.07) is 18.8. The first kappa shape index (κ1) is 26.3. The van der Waals surface area contributed by atoms with Gasteiger partial charge in [-0.05, 0) is 11.1 Å². The molecule has 0 N–H and O–H groups in total. The Morgan fingerprint density at radius 1 is 0.686 bits per heavy atom. The van der Waals surface area contributed by atoms with E-state index in [2.05, 4.69) is 0 Å². The first-order valence-electron chi connectivity index (χ1n) is 11.3. The smallest absolute Gasteiger partial charge is 0.305 e. The standard InChI is InChI=1S/C26H30O9/c1-17(27)30-16-22-23(31-14-20-10-6-4-7-11-20)24(33-18(2)28)25(26(35-22)34-19(3)29)32-15-21-12-8-5-9-13-21/h4-13,22-26H,14-16H2,1-3H3/t22-,23-,24+,25-,26+/m1/s1. The van der Waals surface area contributed by atoms with Crippen molar-refractivity contribution >= 4 is 17.9 Å². The highest BCUT2D eigenvalue weighted by Crippen LogP contribution is 2.31. The number of hydrogen-bond donors (Lipinski definition) is 0. The zero-order valence-corrected chi connectivity index (χ0v) is 20.0. The monoisotopic (exact) mass is 486 g/mol. The zero-order chi connectivity index (χ0) is 25.2. The predicted octanol–water partition coefficient (Wildman–Crippen LogP) is 2.94. The summed E-state index contributed by atoms with van der Waals surface area (Å²) in [5.41, 5.74) is 1.74. The van der Waals surface area contributed by atoms with Gasteiger partial charge in [-0.1, -0.05) is 60.7 Å². The Bertz CT molecular complexity index is 963. The SMILES string of the molecule is CC(=O)OC[C@H]1O[C@H](OC(C)=O)[C@H](OCc2ccccc2)[C@@H](OC(C)=O)[C@@H]1OCc1ccccc1. The molecule has 2 aromatic carbocycles. The Hall–Kier alpha value is -3.27. The van der Waals surface area contributed by atoms with Crippen molar-refractivity contribution in [2.45, 2.75) is 64.7 Å². The molecule has 5 atom stereocenters. The van der Waals surface area contributed by atoms with Crippen LogP contribution < -0.4 is 0 Å². The van der Waals surface area contributed by atoms with Gasteiger partial charge in [-0.3, -0.25) is 14.4 Å². The molecule has 1 aliphatic heterocycles. The van der Waals surface area contributed by atoms with E-state index < -0.39 is 48.6 Å². The van der Waals surface area contributed by atoms with Crippen molar-refractivity contribution in [1.82, 2.24) is 0 Å². The molecule has 0 bridgehead atoms. The molecule has 9 heteroatoms. The number of hydrogen-bond acceptors (Lipinski definition) is 9. The molecule has 0 radical (unpaired) electrons. The lowest BCUT2D eigenvalue weighted by Gasteiger charge is -2.44. The summed E-state index contributed by atoms with van der Waals surface area (Å²) < 4.78 is 34.4. The molecular weight excluding hydrogens is 456 g/mol. The van der Waals surface area contributed by atoms with E-state index in [1.165, 1.54) is 20.8 Å². The van der Waals surface area contributed by atoms with Gasteiger partial charge in [-0.15, -0.1) is 0 Å². The second kappa shape index (κ2) is 13.0. The van der Waals surface area contributed by atoms with Gasteiger partial charge < -0.3 is 28.4 Å². The highest BCUT2D eigenvalue weighted by Gasteiger charge is 2.51. The molecule has 0 aliphatic carbocycles. The summed E-state index contributed by atoms with van der Waals surface area (Å²) >= 11 is 0. The summed E-state index contributed by atoms with van der Waals surface area (Å²) in [6.45, 7) is 3.88. The lowest BCUT2D eigenvalue weighted by Crippen LogP contribution is -2.62. The van der Waals surface area contributed by atoms with E-state index in [1.807, 2.05) is 60.7 Å². The molecule has 0 saturated carbocycles. The third-order valence-corrected chi connectivity index (χ3v) is 5.20. The topological polar surface area (TPSA) is 107 Å². The predicted molar refractivity (Wildman–Crippen MR) is 123 cm³/mol. The molecular formula is C26H30O9. The van der Waals surface area contributed by atoms with Crippen LogP contribution in [0, 0.1) is 0 Å². The van der Waals surface area contributed by atoms with Crippen LogP contribution in [0.4, 0.5) is 0 Å². The lowest BCUT2D eigenvalue weighted by molar-refractivity contribution is -0.312. The zero-order valence-electron chi connectivity index (χ0n) is 20.0. The van der Waals surface area contributed by atoms with Gasteiger partial charge in [0.15, 0.2) is 12.2 Å². The quantitative estimate of drug-likeness (QED) is 0.370. The molecule has 188 valence electrons. The maximum Gasteiger partial charge on any atom is 0.305 e. The van der Waals surface area contributed by atoms with Gasteiger partial charge in [-0.2, -0.15) is 0 Å². The van der Waals surface area contributed by atoms with Crippen LogP contribution >= 0.6 is 0 Å². The van der Waals surface area contributed by atoms with E-state index in [0.29, 0.717) is 0 Å². The van der Waals surface area contributed by atoms with Crippen molar-refractivity contribution in [1.29, 1.82) is 0 Å². The number of carbonyl (C=O) groups is 3. The fourth-order valence-electron chi connectivity index (χ4n) is 3.71. The van der Waals surface area contributed by atoms with E-state index in [4.69, 9.17) is 28.4 Å². The van der Waals surface area contributed by atoms with Gasteiger partial charge in [0.2, 0.25) is 6.29 Å². The van der Waals surface area contributed by atoms with Gasteiger partial charge in [0.05, 0.1) is 13.2 Å². The van der Waals surface area contributed by atoms with Crippen molar-refractivity contribution < 1.29 is 42.8 Å². The highest BCUT2D eigenvalue weighted by molar-refractivity contribution is 5.67. The molecule has 2 aromatic rings. The highest BCUT2D eigenvalue weighted by atomic mass is 16.7. The van der Waals surface area contributed by atoms with Crippen LogP contribution in [0.15, 0.2) is 60.7 Å². The van der Waals surface area contributed by atoms with Crippen molar-refractivity contribution in [2.24, 2.45) is 0 Å². The second-order valence-corrected chi connectivity index (χ2v) is 8.05. The molecule has 0 unspecified atom stereocenters. The van der Waals surface area contributed by atoms with E-state index >= 15 is 0 Å². The average molecular weight is 487 g/mol. The van der Waals surface area contributed by atoms with E-state index in [-0.39, 0.29) is 19.8 Å². The van der Waals surface area contributed by atoms with E-state index in [9.17, 15) is 14.4 Å². The number of ether oxygens (including phenoxy) is 6. The molecule has 1 heterocycles. The minimum atomic E-state index is -1.22. The molecule has 3 rings (SSSR count). The summed E-state index contributed by atoms with van der Waals surface area (Å²) in [4.78, 5) is 35.4. The molecule has 1 aliphatic rings. The lowest BCUT2D eigenvalue weighted by atomic mass is 9.98. The third-order valence-electron chi connectivity index (χ3n) is 5.20. The van der Waals surface area contributed by atoms with Crippen LogP contribution in [0.3, 0.4) is 0 Å². The Morgan fingerprint density at radius 3 is 1.69 bits per heavy atom. The van der Waals surface area contributed by atoms with Crippen LogP contribution in [0.1, 0.15) is 31.9 Å². The molecule has 1 saturated heterocycles. The number of esters is 3. The molecule has 0 amide bonds. The summed E-state index contributed by atoms with van der Waals surface area (Å²) in [5.74, 6) is -1.71. The normalized spacial score (nSPS) is 23.8. The van der Waals surface area contributed by atoms with Crippen LogP contribution in [0.2, 0.25) is 0 Å². The Kier molecular flexibility index (Phi) is 9.77. The van der Waals surface area contributed by atoms with Crippen molar-refractivity contribution in [3.63, 3.8) is 0 Å². The molecule has 0 spiro atoms. The minimum absolute atomic E-state index is 0.143. The summed E-state index contributed by atoms with van der Waals surface area (Å²) in [5, 5.41) is 0. The summed E-state index contributed by atoms with van der Waals surface area (Å²) in [7, 11) is 0. The molecule has 0 aromatic heterocycles. The van der Waals surface area contributed by atoms with Gasteiger partial charge in [0.1, 0.15) is 18.8 Å². The fraction of sp³-hybridized carbons (Fsp3) is 0.423. The van der Waals surface area contributed by atoms with Crippen LogP contribution in [0.25, 0.3) is 0 Å². The van der Waals surface area contributed by atoms with E-state index in [0.717, 1.165) is 11.1 Å². The Balaban J connectivity index is 1.90. The fourth-order valence-corrected chi connectivity index (χ4v) is 3.71.